The first kappa shape index (κ1) is 27.2. The molecule has 9 heteroatoms. The Balaban J connectivity index is 1.48. The zero-order valence-corrected chi connectivity index (χ0v) is 20.8. The maximum absolute atomic E-state index is 14.8. The number of nitrogens with zero attached hydrogens (tertiary/aromatic N) is 3. The van der Waals surface area contributed by atoms with Crippen LogP contribution in [0.5, 0.6) is 0 Å². The van der Waals surface area contributed by atoms with Crippen molar-refractivity contribution >= 4 is 17.7 Å². The molecule has 1 aliphatic heterocycles. The second-order valence-electron chi connectivity index (χ2n) is 8.32. The van der Waals surface area contributed by atoms with Crippen LogP contribution in [0, 0.1) is 0 Å². The molecule has 1 amide bonds. The molecule has 3 rings (SSSR count). The summed E-state index contributed by atoms with van der Waals surface area (Å²) in [7, 11) is 0. The first-order valence-electron chi connectivity index (χ1n) is 12.4. The molecule has 0 saturated heterocycles. The van der Waals surface area contributed by atoms with Crippen LogP contribution in [0.2, 0.25) is 0 Å². The summed E-state index contributed by atoms with van der Waals surface area (Å²) in [5, 5.41) is 9.46. The van der Waals surface area contributed by atoms with Crippen LogP contribution >= 0.6 is 0 Å². The molecule has 2 aromatic rings. The Morgan fingerprint density at radius 2 is 1.81 bits per heavy atom. The van der Waals surface area contributed by atoms with Gasteiger partial charge >= 0.3 is 0 Å². The van der Waals surface area contributed by atoms with Crippen LogP contribution < -0.4 is 16.0 Å². The Bertz CT molecular complexity index is 1040. The number of hydrogen-bond donors (Lipinski definition) is 3. The second kappa shape index (κ2) is 15.5. The van der Waals surface area contributed by atoms with Crippen molar-refractivity contribution < 1.29 is 13.9 Å². The van der Waals surface area contributed by atoms with E-state index in [0.29, 0.717) is 42.4 Å². The Morgan fingerprint density at radius 3 is 2.56 bits per heavy atom. The van der Waals surface area contributed by atoms with Crippen molar-refractivity contribution in [1.29, 1.82) is 0 Å². The summed E-state index contributed by atoms with van der Waals surface area (Å²) in [6.45, 7) is 6.45. The van der Waals surface area contributed by atoms with Gasteiger partial charge in [0.15, 0.2) is 0 Å². The number of hydrogen-bond acceptors (Lipinski definition) is 7. The highest BCUT2D eigenvalue weighted by Gasteiger charge is 2.12. The lowest BCUT2D eigenvalue weighted by molar-refractivity contribution is -0.120. The van der Waals surface area contributed by atoms with E-state index in [1.165, 1.54) is 6.21 Å². The van der Waals surface area contributed by atoms with Crippen LogP contribution in [-0.4, -0.2) is 54.9 Å². The monoisotopic (exact) mass is 494 g/mol. The molecule has 2 heterocycles. The van der Waals surface area contributed by atoms with Gasteiger partial charge in [0.05, 0.1) is 13.0 Å². The number of aromatic nitrogens is 2. The Hall–Kier alpha value is -3.43. The smallest absolute Gasteiger partial charge is 0.224 e. The summed E-state index contributed by atoms with van der Waals surface area (Å²) in [4.78, 5) is 24.8. The molecule has 0 saturated carbocycles. The average molecular weight is 495 g/mol. The van der Waals surface area contributed by atoms with Crippen molar-refractivity contribution in [3.63, 3.8) is 0 Å². The van der Waals surface area contributed by atoms with Gasteiger partial charge in [0.1, 0.15) is 18.3 Å². The second-order valence-corrected chi connectivity index (χ2v) is 8.32. The fourth-order valence-corrected chi connectivity index (χ4v) is 3.52. The minimum atomic E-state index is -0.219. The maximum atomic E-state index is 14.8. The molecular formula is C27H35FN6O2. The maximum Gasteiger partial charge on any atom is 0.224 e. The number of nitrogens with one attached hydrogen (secondary N) is 3. The highest BCUT2D eigenvalue weighted by molar-refractivity contribution is 6.11. The molecule has 3 N–H and O–H groups in total. The molecule has 0 aliphatic carbocycles. The van der Waals surface area contributed by atoms with Crippen LogP contribution in [0.15, 0.2) is 65.5 Å². The number of ether oxygens (including phenoxy) is 1. The fourth-order valence-electron chi connectivity index (χ4n) is 3.52. The van der Waals surface area contributed by atoms with Gasteiger partial charge in [-0.15, -0.1) is 0 Å². The van der Waals surface area contributed by atoms with E-state index in [-0.39, 0.29) is 31.1 Å². The van der Waals surface area contributed by atoms with Gasteiger partial charge in [-0.25, -0.2) is 19.4 Å². The molecule has 0 spiro atoms. The molecule has 8 nitrogen and oxygen atoms in total. The number of amides is 1. The fraction of sp³-hybridized carbons (Fsp3) is 0.407. The third kappa shape index (κ3) is 9.67. The SMILES string of the molecule is CCCNCCNCCOC1=CCC/C(F)=C(c2ccc(CC(=O)NCc3ncccn3)cc2)\C=N/1. The minimum absolute atomic E-state index is 0.133. The van der Waals surface area contributed by atoms with Crippen molar-refractivity contribution in [2.45, 2.75) is 39.2 Å². The topological polar surface area (TPSA) is 101 Å². The van der Waals surface area contributed by atoms with E-state index in [1.807, 2.05) is 30.3 Å². The molecule has 0 atom stereocenters. The Kier molecular flexibility index (Phi) is 11.7. The first-order valence-corrected chi connectivity index (χ1v) is 12.4. The van der Waals surface area contributed by atoms with E-state index in [1.54, 1.807) is 18.5 Å². The number of halogens is 1. The van der Waals surface area contributed by atoms with Crippen LogP contribution in [0.4, 0.5) is 4.39 Å². The van der Waals surface area contributed by atoms with Crippen molar-refractivity contribution in [2.75, 3.05) is 32.8 Å². The Morgan fingerprint density at radius 1 is 1.06 bits per heavy atom. The predicted molar refractivity (Wildman–Crippen MR) is 140 cm³/mol. The third-order valence-corrected chi connectivity index (χ3v) is 5.42. The summed E-state index contributed by atoms with van der Waals surface area (Å²) < 4.78 is 20.5. The lowest BCUT2D eigenvalue weighted by Gasteiger charge is -2.12. The number of rotatable bonds is 14. The van der Waals surface area contributed by atoms with E-state index in [9.17, 15) is 9.18 Å². The first-order chi connectivity index (χ1) is 17.7. The number of carbonyl (C=O) groups is 1. The highest BCUT2D eigenvalue weighted by Crippen LogP contribution is 2.25. The summed E-state index contributed by atoms with van der Waals surface area (Å²) in [5.74, 6) is 0.706. The van der Waals surface area contributed by atoms with E-state index >= 15 is 0 Å². The zero-order chi connectivity index (χ0) is 25.4. The molecular weight excluding hydrogens is 459 g/mol. The standard InChI is InChI=1S/C27H35FN6O2/c1-2-11-29-14-15-30-16-17-36-27-6-3-5-24(28)23(19-34-27)22-9-7-21(8-10-22)18-26(35)33-20-25-31-12-4-13-32-25/h4,6-10,12-13,19,29-30H,2-3,5,11,14-18,20H2,1H3,(H,33,35)/b24-23-,27-6?,34-19-. The van der Waals surface area contributed by atoms with Gasteiger partial charge in [0, 0.05) is 50.2 Å². The average Bonchev–Trinajstić information content (AvgIpc) is 2.89. The van der Waals surface area contributed by atoms with Crippen molar-refractivity contribution in [1.82, 2.24) is 25.9 Å². The van der Waals surface area contributed by atoms with Crippen molar-refractivity contribution in [3.8, 4) is 0 Å². The normalized spacial score (nSPS) is 16.6. The minimum Gasteiger partial charge on any atom is -0.477 e. The van der Waals surface area contributed by atoms with Gasteiger partial charge in [0.2, 0.25) is 11.8 Å². The summed E-state index contributed by atoms with van der Waals surface area (Å²) >= 11 is 0. The zero-order valence-electron chi connectivity index (χ0n) is 20.8. The molecule has 0 radical (unpaired) electrons. The number of benzene rings is 1. The van der Waals surface area contributed by atoms with Gasteiger partial charge in [-0.05, 0) is 42.7 Å². The van der Waals surface area contributed by atoms with Crippen LogP contribution in [0.1, 0.15) is 43.1 Å². The number of carbonyl (C=O) groups excluding carboxylic acids is 1. The third-order valence-electron chi connectivity index (χ3n) is 5.42. The molecule has 1 aliphatic rings. The van der Waals surface area contributed by atoms with Gasteiger partial charge < -0.3 is 20.7 Å². The van der Waals surface area contributed by atoms with E-state index in [0.717, 1.165) is 31.6 Å². The summed E-state index contributed by atoms with van der Waals surface area (Å²) in [5.41, 5.74) is 1.97. The van der Waals surface area contributed by atoms with Gasteiger partial charge in [-0.1, -0.05) is 31.2 Å². The molecule has 0 bridgehead atoms. The van der Waals surface area contributed by atoms with Gasteiger partial charge in [0.25, 0.3) is 0 Å². The molecule has 0 fully saturated rings. The quantitative estimate of drug-likeness (QED) is 0.349. The van der Waals surface area contributed by atoms with Crippen molar-refractivity contribution in [2.24, 2.45) is 4.99 Å². The van der Waals surface area contributed by atoms with Crippen LogP contribution in [0.25, 0.3) is 5.57 Å². The number of allylic oxidation sites excluding steroid dienone is 3. The van der Waals surface area contributed by atoms with Crippen molar-refractivity contribution in [3.05, 3.63) is 77.5 Å². The summed E-state index contributed by atoms with van der Waals surface area (Å²) in [6, 6.07) is 9.01. The van der Waals surface area contributed by atoms with Gasteiger partial charge in [-0.2, -0.15) is 0 Å². The predicted octanol–water partition coefficient (Wildman–Crippen LogP) is 3.33. The molecule has 36 heavy (non-hydrogen) atoms. The lowest BCUT2D eigenvalue weighted by Crippen LogP contribution is -2.29. The van der Waals surface area contributed by atoms with Gasteiger partial charge in [-0.3, -0.25) is 4.79 Å². The molecule has 192 valence electrons. The summed E-state index contributed by atoms with van der Waals surface area (Å²) in [6.07, 6.45) is 8.74. The Labute approximate surface area is 212 Å². The van der Waals surface area contributed by atoms with E-state index in [2.05, 4.69) is 37.8 Å². The molecule has 1 aromatic carbocycles. The van der Waals surface area contributed by atoms with E-state index < -0.39 is 0 Å². The van der Waals surface area contributed by atoms with Crippen LogP contribution in [0.3, 0.4) is 0 Å². The van der Waals surface area contributed by atoms with E-state index in [4.69, 9.17) is 4.74 Å². The largest absolute Gasteiger partial charge is 0.477 e. The highest BCUT2D eigenvalue weighted by atomic mass is 19.1. The lowest BCUT2D eigenvalue weighted by atomic mass is 10.0. The molecule has 1 aromatic heterocycles. The molecule has 0 unspecified atom stereocenters. The number of aliphatic imine (C=N–C) groups is 1. The van der Waals surface area contributed by atoms with Crippen LogP contribution in [-0.2, 0) is 22.5 Å².